The monoisotopic (exact) mass is 236 g/mol. The number of esters is 1. The van der Waals surface area contributed by atoms with Gasteiger partial charge in [0.1, 0.15) is 5.76 Å². The summed E-state index contributed by atoms with van der Waals surface area (Å²) in [6.07, 6.45) is 8.20. The Hall–Kier alpha value is -1.31. The first-order chi connectivity index (χ1) is 7.91. The van der Waals surface area contributed by atoms with Gasteiger partial charge in [-0.05, 0) is 40.0 Å². The van der Waals surface area contributed by atoms with E-state index in [9.17, 15) is 4.79 Å². The molecule has 17 heavy (non-hydrogen) atoms. The number of ether oxygens (including phenoxy) is 1. The summed E-state index contributed by atoms with van der Waals surface area (Å²) >= 11 is 0. The summed E-state index contributed by atoms with van der Waals surface area (Å²) < 4.78 is 4.87. The summed E-state index contributed by atoms with van der Waals surface area (Å²) in [5.74, 6) is 0.255. The van der Waals surface area contributed by atoms with Crippen molar-refractivity contribution in [3.05, 3.63) is 35.6 Å². The Morgan fingerprint density at radius 3 is 2.18 bits per heavy atom. The topological polar surface area (TPSA) is 26.3 Å². The van der Waals surface area contributed by atoms with E-state index in [0.717, 1.165) is 19.3 Å². The lowest BCUT2D eigenvalue weighted by molar-refractivity contribution is -0.137. The average Bonchev–Trinajstić information content (AvgIpc) is 2.15. The lowest BCUT2D eigenvalue weighted by Gasteiger charge is -2.03. The summed E-state index contributed by atoms with van der Waals surface area (Å²) in [6.45, 7) is 11.4. The zero-order chi connectivity index (χ0) is 13.3. The van der Waals surface area contributed by atoms with Crippen LogP contribution in [0.15, 0.2) is 35.6 Å². The van der Waals surface area contributed by atoms with E-state index < -0.39 is 0 Å². The molecule has 0 aliphatic carbocycles. The molecule has 0 atom stereocenters. The standard InChI is InChI=1S/C15H24O2/c1-12(2)8-6-9-13(3)10-7-11-14(4)17-15(5)16/h8,10H,4,6-7,9,11H2,1-3,5H3. The van der Waals surface area contributed by atoms with E-state index in [0.29, 0.717) is 12.2 Å². The first-order valence-corrected chi connectivity index (χ1v) is 6.07. The highest BCUT2D eigenvalue weighted by Crippen LogP contribution is 2.11. The fourth-order valence-corrected chi connectivity index (χ4v) is 1.42. The van der Waals surface area contributed by atoms with Crippen LogP contribution in [0.4, 0.5) is 0 Å². The van der Waals surface area contributed by atoms with Gasteiger partial charge in [0.25, 0.3) is 0 Å². The van der Waals surface area contributed by atoms with E-state index in [4.69, 9.17) is 4.74 Å². The van der Waals surface area contributed by atoms with Crippen LogP contribution in [0.5, 0.6) is 0 Å². The molecule has 0 spiro atoms. The molecular weight excluding hydrogens is 212 g/mol. The van der Waals surface area contributed by atoms with Crippen LogP contribution in [0, 0.1) is 0 Å². The molecule has 0 radical (unpaired) electrons. The van der Waals surface area contributed by atoms with Gasteiger partial charge in [-0.25, -0.2) is 0 Å². The van der Waals surface area contributed by atoms with Crippen LogP contribution in [-0.2, 0) is 9.53 Å². The molecule has 0 rings (SSSR count). The van der Waals surface area contributed by atoms with Crippen LogP contribution in [-0.4, -0.2) is 5.97 Å². The van der Waals surface area contributed by atoms with Gasteiger partial charge in [0.05, 0.1) is 0 Å². The van der Waals surface area contributed by atoms with Crippen molar-refractivity contribution >= 4 is 5.97 Å². The predicted molar refractivity (Wildman–Crippen MR) is 72.6 cm³/mol. The Labute approximate surface area is 105 Å². The molecule has 0 saturated carbocycles. The Kier molecular flexibility index (Phi) is 8.12. The third-order valence-electron chi connectivity index (χ3n) is 2.30. The van der Waals surface area contributed by atoms with Crippen LogP contribution >= 0.6 is 0 Å². The van der Waals surface area contributed by atoms with Crippen molar-refractivity contribution in [1.29, 1.82) is 0 Å². The van der Waals surface area contributed by atoms with Gasteiger partial charge in [0.2, 0.25) is 0 Å². The third-order valence-corrected chi connectivity index (χ3v) is 2.30. The molecule has 2 nitrogen and oxygen atoms in total. The maximum atomic E-state index is 10.7. The first kappa shape index (κ1) is 15.7. The number of hydrogen-bond donors (Lipinski definition) is 0. The molecule has 0 fully saturated rings. The highest BCUT2D eigenvalue weighted by Gasteiger charge is 1.98. The SMILES string of the molecule is C=C(CCC=C(C)CCC=C(C)C)OC(C)=O. The minimum Gasteiger partial charge on any atom is -0.432 e. The van der Waals surface area contributed by atoms with Crippen molar-refractivity contribution < 1.29 is 9.53 Å². The van der Waals surface area contributed by atoms with Crippen LogP contribution in [0.3, 0.4) is 0 Å². The molecule has 0 bridgehead atoms. The molecule has 0 aliphatic heterocycles. The van der Waals surface area contributed by atoms with Gasteiger partial charge in [-0.1, -0.05) is 29.9 Å². The fourth-order valence-electron chi connectivity index (χ4n) is 1.42. The van der Waals surface area contributed by atoms with Crippen molar-refractivity contribution in [1.82, 2.24) is 0 Å². The zero-order valence-corrected chi connectivity index (χ0v) is 11.5. The molecule has 0 aromatic carbocycles. The predicted octanol–water partition coefficient (Wildman–Crippen LogP) is 4.54. The third kappa shape index (κ3) is 11.0. The second-order valence-electron chi connectivity index (χ2n) is 4.54. The summed E-state index contributed by atoms with van der Waals surface area (Å²) in [7, 11) is 0. The van der Waals surface area contributed by atoms with Crippen molar-refractivity contribution in [3.8, 4) is 0 Å². The molecule has 2 heteroatoms. The molecule has 96 valence electrons. The molecule has 0 saturated heterocycles. The normalized spacial score (nSPS) is 10.9. The molecule has 0 heterocycles. The van der Waals surface area contributed by atoms with Gasteiger partial charge in [-0.2, -0.15) is 0 Å². The van der Waals surface area contributed by atoms with E-state index >= 15 is 0 Å². The Morgan fingerprint density at radius 1 is 1.06 bits per heavy atom. The number of rotatable bonds is 7. The van der Waals surface area contributed by atoms with Crippen molar-refractivity contribution in [2.45, 2.75) is 53.4 Å². The summed E-state index contributed by atoms with van der Waals surface area (Å²) in [5.41, 5.74) is 2.74. The average molecular weight is 236 g/mol. The van der Waals surface area contributed by atoms with Gasteiger partial charge >= 0.3 is 5.97 Å². The van der Waals surface area contributed by atoms with E-state index in [-0.39, 0.29) is 5.97 Å². The van der Waals surface area contributed by atoms with E-state index in [2.05, 4.69) is 39.5 Å². The van der Waals surface area contributed by atoms with Crippen LogP contribution in [0.1, 0.15) is 53.4 Å². The minimum absolute atomic E-state index is 0.292. The van der Waals surface area contributed by atoms with Crippen LogP contribution in [0.25, 0.3) is 0 Å². The van der Waals surface area contributed by atoms with E-state index in [1.165, 1.54) is 18.1 Å². The molecule has 0 aromatic rings. The zero-order valence-electron chi connectivity index (χ0n) is 11.5. The molecule has 0 unspecified atom stereocenters. The largest absolute Gasteiger partial charge is 0.432 e. The quantitative estimate of drug-likeness (QED) is 0.368. The summed E-state index contributed by atoms with van der Waals surface area (Å²) in [6, 6.07) is 0. The summed E-state index contributed by atoms with van der Waals surface area (Å²) in [5, 5.41) is 0. The molecule has 0 N–H and O–H groups in total. The second kappa shape index (κ2) is 8.80. The Bertz CT molecular complexity index is 318. The fraction of sp³-hybridized carbons (Fsp3) is 0.533. The van der Waals surface area contributed by atoms with Crippen LogP contribution in [0.2, 0.25) is 0 Å². The highest BCUT2D eigenvalue weighted by atomic mass is 16.5. The van der Waals surface area contributed by atoms with Crippen LogP contribution < -0.4 is 0 Å². The molecule has 0 aromatic heterocycles. The van der Waals surface area contributed by atoms with Gasteiger partial charge in [0.15, 0.2) is 0 Å². The smallest absolute Gasteiger partial charge is 0.307 e. The van der Waals surface area contributed by atoms with E-state index in [1.807, 2.05) is 0 Å². The first-order valence-electron chi connectivity index (χ1n) is 6.07. The van der Waals surface area contributed by atoms with E-state index in [1.54, 1.807) is 0 Å². The maximum absolute atomic E-state index is 10.7. The lowest BCUT2D eigenvalue weighted by atomic mass is 10.1. The number of hydrogen-bond acceptors (Lipinski definition) is 2. The second-order valence-corrected chi connectivity index (χ2v) is 4.54. The van der Waals surface area contributed by atoms with Gasteiger partial charge in [-0.3, -0.25) is 4.79 Å². The molecular formula is C15H24O2. The van der Waals surface area contributed by atoms with Crippen molar-refractivity contribution in [3.63, 3.8) is 0 Å². The van der Waals surface area contributed by atoms with Gasteiger partial charge in [0, 0.05) is 13.3 Å². The Morgan fingerprint density at radius 2 is 1.65 bits per heavy atom. The summed E-state index contributed by atoms with van der Waals surface area (Å²) in [4.78, 5) is 10.7. The van der Waals surface area contributed by atoms with Crippen molar-refractivity contribution in [2.75, 3.05) is 0 Å². The Balaban J connectivity index is 3.80. The van der Waals surface area contributed by atoms with Gasteiger partial charge in [-0.15, -0.1) is 0 Å². The number of carbonyl (C=O) groups excluding carboxylic acids is 1. The number of allylic oxidation sites excluding steroid dienone is 5. The molecule has 0 aliphatic rings. The molecule has 0 amide bonds. The lowest BCUT2D eigenvalue weighted by Crippen LogP contribution is -1.97. The minimum atomic E-state index is -0.292. The van der Waals surface area contributed by atoms with Crippen molar-refractivity contribution in [2.24, 2.45) is 0 Å². The number of carbonyl (C=O) groups is 1. The highest BCUT2D eigenvalue weighted by molar-refractivity contribution is 5.67. The van der Waals surface area contributed by atoms with Gasteiger partial charge < -0.3 is 4.74 Å². The maximum Gasteiger partial charge on any atom is 0.307 e.